The van der Waals surface area contributed by atoms with E-state index in [0.717, 1.165) is 56.0 Å². The van der Waals surface area contributed by atoms with Crippen molar-refractivity contribution in [2.24, 2.45) is 0 Å². The molecule has 130 valence electrons. The van der Waals surface area contributed by atoms with E-state index in [2.05, 4.69) is 17.0 Å². The topological polar surface area (TPSA) is 58.4 Å². The third-order valence-corrected chi connectivity index (χ3v) is 4.36. The van der Waals surface area contributed by atoms with E-state index in [-0.39, 0.29) is 0 Å². The molecule has 0 saturated carbocycles. The molecular formula is C18H25N3O3. The molecule has 24 heavy (non-hydrogen) atoms. The van der Waals surface area contributed by atoms with Crippen molar-refractivity contribution in [2.75, 3.05) is 20.8 Å². The van der Waals surface area contributed by atoms with Crippen LogP contribution >= 0.6 is 0 Å². The Morgan fingerprint density at radius 3 is 2.75 bits per heavy atom. The van der Waals surface area contributed by atoms with Crippen LogP contribution in [0.5, 0.6) is 11.5 Å². The molecule has 0 aliphatic carbocycles. The Morgan fingerprint density at radius 2 is 2.08 bits per heavy atom. The molecular weight excluding hydrogens is 306 g/mol. The minimum absolute atomic E-state index is 0.352. The predicted octanol–water partition coefficient (Wildman–Crippen LogP) is 2.96. The maximum absolute atomic E-state index is 5.73. The highest BCUT2D eigenvalue weighted by Crippen LogP contribution is 2.29. The molecule has 0 amide bonds. The first-order chi connectivity index (χ1) is 11.7. The zero-order valence-electron chi connectivity index (χ0n) is 14.6. The molecule has 1 aromatic carbocycles. The Labute approximate surface area is 142 Å². The van der Waals surface area contributed by atoms with Gasteiger partial charge in [0.1, 0.15) is 5.82 Å². The van der Waals surface area contributed by atoms with Crippen molar-refractivity contribution in [3.05, 3.63) is 29.8 Å². The van der Waals surface area contributed by atoms with Crippen LogP contribution < -0.4 is 9.47 Å². The van der Waals surface area contributed by atoms with Crippen LogP contribution in [0.25, 0.3) is 5.69 Å². The van der Waals surface area contributed by atoms with Crippen molar-refractivity contribution in [3.63, 3.8) is 0 Å². The van der Waals surface area contributed by atoms with Crippen LogP contribution in [0.2, 0.25) is 0 Å². The molecule has 2 heterocycles. The van der Waals surface area contributed by atoms with Gasteiger partial charge in [-0.25, -0.2) is 9.67 Å². The van der Waals surface area contributed by atoms with Crippen molar-refractivity contribution < 1.29 is 14.2 Å². The standard InChI is InChI=1S/C18H25N3O3/c1-4-17-19-18(10-8-14-6-5-11-24-14)21(20-17)13-7-9-15(22-2)16(12-13)23-3/h7,9,12,14H,4-6,8,10-11H2,1-3H3/t14-/m1/s1. The third kappa shape index (κ3) is 3.53. The fourth-order valence-corrected chi connectivity index (χ4v) is 3.03. The first kappa shape index (κ1) is 16.8. The summed E-state index contributed by atoms with van der Waals surface area (Å²) in [6, 6.07) is 5.80. The summed E-state index contributed by atoms with van der Waals surface area (Å²) in [6.45, 7) is 2.95. The molecule has 1 saturated heterocycles. The number of hydrogen-bond donors (Lipinski definition) is 0. The summed E-state index contributed by atoms with van der Waals surface area (Å²) in [7, 11) is 3.27. The van der Waals surface area contributed by atoms with E-state index in [0.29, 0.717) is 17.6 Å². The van der Waals surface area contributed by atoms with Crippen LogP contribution in [0, 0.1) is 0 Å². The molecule has 0 bridgehead atoms. The summed E-state index contributed by atoms with van der Waals surface area (Å²) in [6.07, 6.45) is 5.30. The summed E-state index contributed by atoms with van der Waals surface area (Å²) < 4.78 is 18.4. The number of rotatable bonds is 7. The number of methoxy groups -OCH3 is 2. The first-order valence-electron chi connectivity index (χ1n) is 8.54. The van der Waals surface area contributed by atoms with Crippen LogP contribution in [-0.4, -0.2) is 41.7 Å². The lowest BCUT2D eigenvalue weighted by Crippen LogP contribution is -2.10. The van der Waals surface area contributed by atoms with E-state index in [1.165, 1.54) is 0 Å². The smallest absolute Gasteiger partial charge is 0.162 e. The van der Waals surface area contributed by atoms with Gasteiger partial charge in [-0.3, -0.25) is 0 Å². The predicted molar refractivity (Wildman–Crippen MR) is 91.1 cm³/mol. The zero-order chi connectivity index (χ0) is 16.9. The van der Waals surface area contributed by atoms with Gasteiger partial charge in [0.25, 0.3) is 0 Å². The summed E-state index contributed by atoms with van der Waals surface area (Å²) in [4.78, 5) is 4.69. The van der Waals surface area contributed by atoms with Gasteiger partial charge in [0.2, 0.25) is 0 Å². The zero-order valence-corrected chi connectivity index (χ0v) is 14.6. The minimum atomic E-state index is 0.352. The first-order valence-corrected chi connectivity index (χ1v) is 8.54. The highest BCUT2D eigenvalue weighted by Gasteiger charge is 2.18. The number of hydrogen-bond acceptors (Lipinski definition) is 5. The van der Waals surface area contributed by atoms with Crippen LogP contribution in [0.3, 0.4) is 0 Å². The minimum Gasteiger partial charge on any atom is -0.493 e. The molecule has 2 aromatic rings. The van der Waals surface area contributed by atoms with E-state index < -0.39 is 0 Å². The van der Waals surface area contributed by atoms with E-state index in [9.17, 15) is 0 Å². The van der Waals surface area contributed by atoms with Gasteiger partial charge in [-0.15, -0.1) is 0 Å². The Morgan fingerprint density at radius 1 is 1.25 bits per heavy atom. The van der Waals surface area contributed by atoms with Gasteiger partial charge in [-0.1, -0.05) is 6.92 Å². The number of benzene rings is 1. The fourth-order valence-electron chi connectivity index (χ4n) is 3.03. The highest BCUT2D eigenvalue weighted by molar-refractivity contribution is 5.48. The lowest BCUT2D eigenvalue weighted by atomic mass is 10.1. The molecule has 1 aliphatic heterocycles. The second-order valence-electron chi connectivity index (χ2n) is 5.92. The number of nitrogens with zero attached hydrogens (tertiary/aromatic N) is 3. The molecule has 6 nitrogen and oxygen atoms in total. The average molecular weight is 331 g/mol. The summed E-state index contributed by atoms with van der Waals surface area (Å²) in [5.41, 5.74) is 0.933. The van der Waals surface area contributed by atoms with Crippen molar-refractivity contribution in [3.8, 4) is 17.2 Å². The Kier molecular flexibility index (Phi) is 5.35. The normalized spacial score (nSPS) is 17.2. The van der Waals surface area contributed by atoms with E-state index >= 15 is 0 Å². The van der Waals surface area contributed by atoms with Crippen molar-refractivity contribution in [1.82, 2.24) is 14.8 Å². The van der Waals surface area contributed by atoms with Crippen LogP contribution in [0.1, 0.15) is 37.8 Å². The molecule has 1 aliphatic rings. The van der Waals surface area contributed by atoms with Crippen LogP contribution in [0.4, 0.5) is 0 Å². The van der Waals surface area contributed by atoms with Gasteiger partial charge < -0.3 is 14.2 Å². The van der Waals surface area contributed by atoms with Crippen LogP contribution in [0.15, 0.2) is 18.2 Å². The quantitative estimate of drug-likeness (QED) is 0.781. The van der Waals surface area contributed by atoms with Gasteiger partial charge in [0.05, 0.1) is 26.0 Å². The Balaban J connectivity index is 1.87. The van der Waals surface area contributed by atoms with E-state index in [4.69, 9.17) is 14.2 Å². The van der Waals surface area contributed by atoms with Crippen molar-refractivity contribution in [1.29, 1.82) is 0 Å². The Hall–Kier alpha value is -2.08. The van der Waals surface area contributed by atoms with Crippen molar-refractivity contribution in [2.45, 2.75) is 45.1 Å². The molecule has 1 fully saturated rings. The molecule has 0 unspecified atom stereocenters. The number of ether oxygens (including phenoxy) is 3. The van der Waals surface area contributed by atoms with Gasteiger partial charge >= 0.3 is 0 Å². The second kappa shape index (κ2) is 7.66. The third-order valence-electron chi connectivity index (χ3n) is 4.36. The van der Waals surface area contributed by atoms with Gasteiger partial charge in [-0.05, 0) is 31.4 Å². The average Bonchev–Trinajstić information content (AvgIpc) is 3.28. The summed E-state index contributed by atoms with van der Waals surface area (Å²) in [5.74, 6) is 3.22. The lowest BCUT2D eigenvalue weighted by Gasteiger charge is -2.12. The van der Waals surface area contributed by atoms with Crippen LogP contribution in [-0.2, 0) is 17.6 Å². The van der Waals surface area contributed by atoms with Gasteiger partial charge in [-0.2, -0.15) is 5.10 Å². The van der Waals surface area contributed by atoms with Gasteiger partial charge in [0, 0.05) is 25.5 Å². The van der Waals surface area contributed by atoms with E-state index in [1.807, 2.05) is 22.9 Å². The molecule has 3 rings (SSSR count). The summed E-state index contributed by atoms with van der Waals surface area (Å²) in [5, 5.41) is 4.64. The SMILES string of the molecule is CCc1nc(CC[C@H]2CCCO2)n(-c2ccc(OC)c(OC)c2)n1. The fraction of sp³-hybridized carbons (Fsp3) is 0.556. The number of aromatic nitrogens is 3. The second-order valence-corrected chi connectivity index (χ2v) is 5.92. The maximum Gasteiger partial charge on any atom is 0.162 e. The van der Waals surface area contributed by atoms with Crippen molar-refractivity contribution >= 4 is 0 Å². The number of aryl methyl sites for hydroxylation is 2. The monoisotopic (exact) mass is 331 g/mol. The molecule has 1 atom stereocenters. The Bertz CT molecular complexity index is 678. The molecule has 6 heteroatoms. The highest BCUT2D eigenvalue weighted by atomic mass is 16.5. The molecule has 1 aromatic heterocycles. The molecule has 0 spiro atoms. The van der Waals surface area contributed by atoms with Gasteiger partial charge in [0.15, 0.2) is 17.3 Å². The molecule has 0 N–H and O–H groups in total. The van der Waals surface area contributed by atoms with E-state index in [1.54, 1.807) is 14.2 Å². The summed E-state index contributed by atoms with van der Waals surface area (Å²) >= 11 is 0. The maximum atomic E-state index is 5.73. The lowest BCUT2D eigenvalue weighted by molar-refractivity contribution is 0.104. The molecule has 0 radical (unpaired) electrons. The largest absolute Gasteiger partial charge is 0.493 e.